The van der Waals surface area contributed by atoms with E-state index in [2.05, 4.69) is 5.16 Å². The van der Waals surface area contributed by atoms with E-state index in [4.69, 9.17) is 10.9 Å². The van der Waals surface area contributed by atoms with Crippen molar-refractivity contribution in [1.29, 1.82) is 0 Å². The lowest BCUT2D eigenvalue weighted by molar-refractivity contribution is -0.133. The normalized spacial score (nSPS) is 24.7. The van der Waals surface area contributed by atoms with Crippen LogP contribution in [0.4, 0.5) is 0 Å². The van der Waals surface area contributed by atoms with Crippen LogP contribution in [0.2, 0.25) is 0 Å². The van der Waals surface area contributed by atoms with Crippen molar-refractivity contribution >= 4 is 11.7 Å². The molecule has 2 aliphatic rings. The summed E-state index contributed by atoms with van der Waals surface area (Å²) in [5.41, 5.74) is 6.42. The van der Waals surface area contributed by atoms with Gasteiger partial charge >= 0.3 is 0 Å². The van der Waals surface area contributed by atoms with Crippen molar-refractivity contribution in [1.82, 2.24) is 4.90 Å². The van der Waals surface area contributed by atoms with Crippen LogP contribution in [0, 0.1) is 0 Å². The number of hydrogen-bond acceptors (Lipinski definition) is 3. The maximum Gasteiger partial charge on any atom is 0.233 e. The van der Waals surface area contributed by atoms with E-state index in [-0.39, 0.29) is 23.2 Å². The molecule has 1 saturated heterocycles. The first kappa shape index (κ1) is 13.0. The van der Waals surface area contributed by atoms with Gasteiger partial charge in [0.15, 0.2) is 5.84 Å². The minimum absolute atomic E-state index is 0.123. The molecule has 1 aromatic carbocycles. The zero-order valence-electron chi connectivity index (χ0n) is 11.3. The molecule has 0 bridgehead atoms. The van der Waals surface area contributed by atoms with Gasteiger partial charge in [-0.3, -0.25) is 4.79 Å². The molecule has 1 aromatic rings. The van der Waals surface area contributed by atoms with Crippen LogP contribution in [-0.2, 0) is 10.2 Å². The number of carbonyl (C=O) groups is 1. The number of benzene rings is 1. The van der Waals surface area contributed by atoms with E-state index in [1.165, 1.54) is 0 Å². The molecule has 1 amide bonds. The van der Waals surface area contributed by atoms with Crippen molar-refractivity contribution in [3.63, 3.8) is 0 Å². The van der Waals surface area contributed by atoms with Crippen LogP contribution in [0.1, 0.15) is 31.2 Å². The summed E-state index contributed by atoms with van der Waals surface area (Å²) in [5, 5.41) is 11.9. The molecule has 0 aromatic heterocycles. The quantitative estimate of drug-likeness (QED) is 0.379. The Bertz CT molecular complexity index is 537. The fraction of sp³-hybridized carbons (Fsp3) is 0.467. The van der Waals surface area contributed by atoms with E-state index in [9.17, 15) is 4.79 Å². The van der Waals surface area contributed by atoms with Crippen molar-refractivity contribution in [3.8, 4) is 0 Å². The van der Waals surface area contributed by atoms with E-state index in [1.54, 1.807) is 4.90 Å². The number of likely N-dealkylation sites (tertiary alicyclic amines) is 1. The van der Waals surface area contributed by atoms with Crippen LogP contribution in [-0.4, -0.2) is 34.4 Å². The summed E-state index contributed by atoms with van der Waals surface area (Å²) < 4.78 is 0. The van der Waals surface area contributed by atoms with Crippen LogP contribution in [0.25, 0.3) is 0 Å². The zero-order valence-corrected chi connectivity index (χ0v) is 11.3. The Hall–Kier alpha value is -2.04. The standard InChI is InChI=1S/C15H19N3O2/c16-13(17-20)12-7-4-10-18(12)14(19)15(8-9-15)11-5-2-1-3-6-11/h1-3,5-6,12,20H,4,7-10H2,(H2,16,17). The van der Waals surface area contributed by atoms with E-state index in [1.807, 2.05) is 30.3 Å². The zero-order chi connectivity index (χ0) is 14.2. The molecule has 1 aliphatic carbocycles. The molecule has 1 unspecified atom stereocenters. The summed E-state index contributed by atoms with van der Waals surface area (Å²) >= 11 is 0. The smallest absolute Gasteiger partial charge is 0.233 e. The molecular formula is C15H19N3O2. The molecule has 3 N–H and O–H groups in total. The second-order valence-electron chi connectivity index (χ2n) is 5.63. The Kier molecular flexibility index (Phi) is 3.12. The summed E-state index contributed by atoms with van der Waals surface area (Å²) in [6.07, 6.45) is 3.44. The Morgan fingerprint density at radius 3 is 2.65 bits per heavy atom. The van der Waals surface area contributed by atoms with Crippen LogP contribution >= 0.6 is 0 Å². The number of oxime groups is 1. The van der Waals surface area contributed by atoms with Gasteiger partial charge < -0.3 is 15.8 Å². The number of rotatable bonds is 3. The van der Waals surface area contributed by atoms with Gasteiger partial charge in [0.1, 0.15) is 0 Å². The van der Waals surface area contributed by atoms with Crippen molar-refractivity contribution in [2.75, 3.05) is 6.54 Å². The highest BCUT2D eigenvalue weighted by Crippen LogP contribution is 2.50. The van der Waals surface area contributed by atoms with Gasteiger partial charge in [-0.1, -0.05) is 35.5 Å². The number of carbonyl (C=O) groups excluding carboxylic acids is 1. The summed E-state index contributed by atoms with van der Waals surface area (Å²) in [6.45, 7) is 0.689. The molecule has 1 heterocycles. The van der Waals surface area contributed by atoms with Crippen LogP contribution in [0.5, 0.6) is 0 Å². The number of hydrogen-bond donors (Lipinski definition) is 2. The molecule has 1 atom stereocenters. The number of amides is 1. The van der Waals surface area contributed by atoms with Crippen LogP contribution in [0.15, 0.2) is 35.5 Å². The van der Waals surface area contributed by atoms with Crippen LogP contribution in [0.3, 0.4) is 0 Å². The van der Waals surface area contributed by atoms with E-state index < -0.39 is 0 Å². The lowest BCUT2D eigenvalue weighted by atomic mass is 9.94. The van der Waals surface area contributed by atoms with E-state index in [0.717, 1.165) is 31.2 Å². The van der Waals surface area contributed by atoms with Crippen molar-refractivity contribution in [2.45, 2.75) is 37.1 Å². The van der Waals surface area contributed by atoms with Crippen LogP contribution < -0.4 is 5.73 Å². The Morgan fingerprint density at radius 2 is 2.05 bits per heavy atom. The third kappa shape index (κ3) is 1.94. The monoisotopic (exact) mass is 273 g/mol. The second-order valence-corrected chi connectivity index (χ2v) is 5.63. The van der Waals surface area contributed by atoms with Gasteiger partial charge in [0.25, 0.3) is 0 Å². The second kappa shape index (κ2) is 4.81. The molecule has 0 spiro atoms. The average molecular weight is 273 g/mol. The third-order valence-electron chi connectivity index (χ3n) is 4.46. The van der Waals surface area contributed by atoms with Gasteiger partial charge in [-0.25, -0.2) is 0 Å². The minimum Gasteiger partial charge on any atom is -0.409 e. The molecule has 20 heavy (non-hydrogen) atoms. The lowest BCUT2D eigenvalue weighted by Gasteiger charge is -2.28. The average Bonchev–Trinajstić information content (AvgIpc) is 3.17. The Balaban J connectivity index is 1.86. The number of amidine groups is 1. The molecular weight excluding hydrogens is 254 g/mol. The molecule has 5 nitrogen and oxygen atoms in total. The topological polar surface area (TPSA) is 78.9 Å². The summed E-state index contributed by atoms with van der Waals surface area (Å²) in [7, 11) is 0. The highest BCUT2D eigenvalue weighted by atomic mass is 16.4. The molecule has 5 heteroatoms. The summed E-state index contributed by atoms with van der Waals surface area (Å²) in [5.74, 6) is 0.262. The van der Waals surface area contributed by atoms with Gasteiger partial charge in [-0.2, -0.15) is 0 Å². The number of nitrogens with two attached hydrogens (primary N) is 1. The maximum absolute atomic E-state index is 12.9. The van der Waals surface area contributed by atoms with E-state index in [0.29, 0.717) is 6.54 Å². The largest absolute Gasteiger partial charge is 0.409 e. The minimum atomic E-state index is -0.375. The third-order valence-corrected chi connectivity index (χ3v) is 4.46. The predicted octanol–water partition coefficient (Wildman–Crippen LogP) is 1.46. The summed E-state index contributed by atoms with van der Waals surface area (Å²) in [4.78, 5) is 14.7. The Labute approximate surface area is 118 Å². The molecule has 3 rings (SSSR count). The molecule has 106 valence electrons. The van der Waals surface area contributed by atoms with Gasteiger partial charge in [0.2, 0.25) is 5.91 Å². The van der Waals surface area contributed by atoms with E-state index >= 15 is 0 Å². The van der Waals surface area contributed by atoms with Crippen molar-refractivity contribution < 1.29 is 10.0 Å². The highest BCUT2D eigenvalue weighted by Gasteiger charge is 2.54. The van der Waals surface area contributed by atoms with Gasteiger partial charge in [0, 0.05) is 6.54 Å². The first-order valence-electron chi connectivity index (χ1n) is 7.03. The Morgan fingerprint density at radius 1 is 1.35 bits per heavy atom. The van der Waals surface area contributed by atoms with Crippen molar-refractivity contribution in [3.05, 3.63) is 35.9 Å². The first-order valence-corrected chi connectivity index (χ1v) is 7.03. The van der Waals surface area contributed by atoms with Gasteiger partial charge in [-0.15, -0.1) is 0 Å². The SMILES string of the molecule is NC(=NO)C1CCCN1C(=O)C1(c2ccccc2)CC1. The highest BCUT2D eigenvalue weighted by molar-refractivity contribution is 5.96. The fourth-order valence-electron chi connectivity index (χ4n) is 3.17. The summed E-state index contributed by atoms with van der Waals surface area (Å²) in [6, 6.07) is 9.66. The lowest BCUT2D eigenvalue weighted by Crippen LogP contribution is -2.47. The molecule has 2 fully saturated rings. The van der Waals surface area contributed by atoms with Gasteiger partial charge in [0.05, 0.1) is 11.5 Å². The maximum atomic E-state index is 12.9. The van der Waals surface area contributed by atoms with Gasteiger partial charge in [-0.05, 0) is 31.2 Å². The molecule has 1 aliphatic heterocycles. The number of nitrogens with zero attached hydrogens (tertiary/aromatic N) is 2. The predicted molar refractivity (Wildman–Crippen MR) is 75.5 cm³/mol. The fourth-order valence-corrected chi connectivity index (χ4v) is 3.17. The molecule has 0 radical (unpaired) electrons. The van der Waals surface area contributed by atoms with Crippen molar-refractivity contribution in [2.24, 2.45) is 10.9 Å². The first-order chi connectivity index (χ1) is 9.69. The molecule has 1 saturated carbocycles.